The molecule has 0 heterocycles. The Bertz CT molecular complexity index is 368. The number of rotatable bonds is 6. The van der Waals surface area contributed by atoms with Crippen LogP contribution in [-0.4, -0.2) is 30.9 Å². The Morgan fingerprint density at radius 1 is 1.47 bits per heavy atom. The average molecular weight is 238 g/mol. The van der Waals surface area contributed by atoms with Crippen LogP contribution in [0, 0.1) is 5.82 Å². The fourth-order valence-electron chi connectivity index (χ4n) is 1.62. The van der Waals surface area contributed by atoms with Crippen LogP contribution in [0.5, 0.6) is 0 Å². The maximum Gasteiger partial charge on any atom is 0.224 e. The first-order chi connectivity index (χ1) is 8.17. The molecule has 0 bridgehead atoms. The van der Waals surface area contributed by atoms with E-state index in [0.29, 0.717) is 26.1 Å². The molecule has 0 saturated carbocycles. The predicted molar refractivity (Wildman–Crippen MR) is 66.0 cm³/mol. The molecule has 0 radical (unpaired) electrons. The van der Waals surface area contributed by atoms with Gasteiger partial charge in [-0.2, -0.15) is 0 Å². The lowest BCUT2D eigenvalue weighted by Crippen LogP contribution is -2.32. The minimum absolute atomic E-state index is 0.0890. The number of hydrogen-bond acceptors (Lipinski definition) is 2. The standard InChI is InChI=1S/C13H19FN2O/c1-3-16(13(17)7-8-15-2)10-11-5-4-6-12(14)9-11/h4-6,9,15H,3,7-8,10H2,1-2H3. The predicted octanol–water partition coefficient (Wildman–Crippen LogP) is 1.78. The van der Waals surface area contributed by atoms with Crippen molar-refractivity contribution in [3.05, 3.63) is 35.6 Å². The summed E-state index contributed by atoms with van der Waals surface area (Å²) >= 11 is 0. The van der Waals surface area contributed by atoms with Gasteiger partial charge in [0, 0.05) is 26.1 Å². The quantitative estimate of drug-likeness (QED) is 0.819. The van der Waals surface area contributed by atoms with Crippen LogP contribution in [0.4, 0.5) is 4.39 Å². The van der Waals surface area contributed by atoms with E-state index in [0.717, 1.165) is 5.56 Å². The second kappa shape index (κ2) is 7.01. The second-order valence-corrected chi connectivity index (χ2v) is 3.89. The molecule has 0 aliphatic rings. The topological polar surface area (TPSA) is 32.3 Å². The molecule has 1 N–H and O–H groups in total. The molecule has 0 aliphatic heterocycles. The van der Waals surface area contributed by atoms with Gasteiger partial charge < -0.3 is 10.2 Å². The number of carbonyl (C=O) groups is 1. The molecule has 1 amide bonds. The summed E-state index contributed by atoms with van der Waals surface area (Å²) in [5.74, 6) is -0.174. The molecule has 0 unspecified atom stereocenters. The van der Waals surface area contributed by atoms with Crippen LogP contribution in [0.3, 0.4) is 0 Å². The SMILES string of the molecule is CCN(Cc1cccc(F)c1)C(=O)CCNC. The Labute approximate surface area is 102 Å². The first-order valence-corrected chi connectivity index (χ1v) is 5.84. The highest BCUT2D eigenvalue weighted by atomic mass is 19.1. The Hall–Kier alpha value is -1.42. The van der Waals surface area contributed by atoms with Crippen LogP contribution in [-0.2, 0) is 11.3 Å². The molecule has 0 saturated heterocycles. The fourth-order valence-corrected chi connectivity index (χ4v) is 1.62. The molecule has 4 heteroatoms. The van der Waals surface area contributed by atoms with Gasteiger partial charge in [0.25, 0.3) is 0 Å². The Morgan fingerprint density at radius 3 is 2.82 bits per heavy atom. The lowest BCUT2D eigenvalue weighted by Gasteiger charge is -2.21. The van der Waals surface area contributed by atoms with Gasteiger partial charge in [-0.05, 0) is 31.7 Å². The summed E-state index contributed by atoms with van der Waals surface area (Å²) in [6.07, 6.45) is 0.472. The van der Waals surface area contributed by atoms with Crippen LogP contribution in [0.1, 0.15) is 18.9 Å². The number of nitrogens with one attached hydrogen (secondary N) is 1. The second-order valence-electron chi connectivity index (χ2n) is 3.89. The van der Waals surface area contributed by atoms with Crippen LogP contribution in [0.25, 0.3) is 0 Å². The van der Waals surface area contributed by atoms with Crippen molar-refractivity contribution in [3.63, 3.8) is 0 Å². The molecule has 1 aromatic carbocycles. The third kappa shape index (κ3) is 4.53. The first kappa shape index (κ1) is 13.6. The van der Waals surface area contributed by atoms with Crippen molar-refractivity contribution < 1.29 is 9.18 Å². The number of benzene rings is 1. The van der Waals surface area contributed by atoms with Crippen LogP contribution >= 0.6 is 0 Å². The molecular weight excluding hydrogens is 219 g/mol. The molecular formula is C13H19FN2O. The molecule has 0 aliphatic carbocycles. The van der Waals surface area contributed by atoms with Crippen molar-refractivity contribution in [2.45, 2.75) is 19.9 Å². The highest BCUT2D eigenvalue weighted by Gasteiger charge is 2.11. The molecule has 17 heavy (non-hydrogen) atoms. The number of carbonyl (C=O) groups excluding carboxylic acids is 1. The highest BCUT2D eigenvalue weighted by Crippen LogP contribution is 2.08. The van der Waals surface area contributed by atoms with Gasteiger partial charge in [0.05, 0.1) is 0 Å². The Balaban J connectivity index is 2.60. The molecule has 1 aromatic rings. The van der Waals surface area contributed by atoms with Crippen LogP contribution in [0.2, 0.25) is 0 Å². The Morgan fingerprint density at radius 2 is 2.24 bits per heavy atom. The summed E-state index contributed by atoms with van der Waals surface area (Å²) in [5, 5.41) is 2.94. The van der Waals surface area contributed by atoms with Crippen molar-refractivity contribution in [2.24, 2.45) is 0 Å². The van der Waals surface area contributed by atoms with Crippen LogP contribution in [0.15, 0.2) is 24.3 Å². The summed E-state index contributed by atoms with van der Waals surface area (Å²) in [7, 11) is 1.82. The number of amides is 1. The van der Waals surface area contributed by atoms with Crippen molar-refractivity contribution in [1.82, 2.24) is 10.2 Å². The average Bonchev–Trinajstić information content (AvgIpc) is 2.33. The van der Waals surface area contributed by atoms with Crippen LogP contribution < -0.4 is 5.32 Å². The van der Waals surface area contributed by atoms with Gasteiger partial charge in [-0.15, -0.1) is 0 Å². The van der Waals surface area contributed by atoms with E-state index in [9.17, 15) is 9.18 Å². The molecule has 0 spiro atoms. The van der Waals surface area contributed by atoms with E-state index in [1.54, 1.807) is 11.0 Å². The lowest BCUT2D eigenvalue weighted by atomic mass is 10.2. The summed E-state index contributed by atoms with van der Waals surface area (Å²) < 4.78 is 13.0. The van der Waals surface area contributed by atoms with E-state index in [4.69, 9.17) is 0 Å². The van der Waals surface area contributed by atoms with Crippen molar-refractivity contribution in [3.8, 4) is 0 Å². The monoisotopic (exact) mass is 238 g/mol. The zero-order chi connectivity index (χ0) is 12.7. The summed E-state index contributed by atoms with van der Waals surface area (Å²) in [6.45, 7) is 3.70. The zero-order valence-electron chi connectivity index (χ0n) is 10.4. The molecule has 0 fully saturated rings. The fraction of sp³-hybridized carbons (Fsp3) is 0.462. The Kier molecular flexibility index (Phi) is 5.63. The molecule has 0 atom stereocenters. The minimum atomic E-state index is -0.263. The summed E-state index contributed by atoms with van der Waals surface area (Å²) in [4.78, 5) is 13.5. The van der Waals surface area contributed by atoms with Crippen molar-refractivity contribution in [1.29, 1.82) is 0 Å². The van der Waals surface area contributed by atoms with E-state index < -0.39 is 0 Å². The number of halogens is 1. The first-order valence-electron chi connectivity index (χ1n) is 5.84. The molecule has 1 rings (SSSR count). The van der Waals surface area contributed by atoms with Gasteiger partial charge in [0.2, 0.25) is 5.91 Å². The third-order valence-corrected chi connectivity index (χ3v) is 2.59. The van der Waals surface area contributed by atoms with Crippen molar-refractivity contribution in [2.75, 3.05) is 20.1 Å². The number of hydrogen-bond donors (Lipinski definition) is 1. The smallest absolute Gasteiger partial charge is 0.224 e. The molecule has 3 nitrogen and oxygen atoms in total. The summed E-state index contributed by atoms with van der Waals surface area (Å²) in [6, 6.07) is 6.37. The third-order valence-electron chi connectivity index (χ3n) is 2.59. The highest BCUT2D eigenvalue weighted by molar-refractivity contribution is 5.76. The minimum Gasteiger partial charge on any atom is -0.339 e. The van der Waals surface area contributed by atoms with E-state index in [1.165, 1.54) is 12.1 Å². The van der Waals surface area contributed by atoms with Gasteiger partial charge in [0.15, 0.2) is 0 Å². The van der Waals surface area contributed by atoms with Crippen molar-refractivity contribution >= 4 is 5.91 Å². The zero-order valence-corrected chi connectivity index (χ0v) is 10.4. The van der Waals surface area contributed by atoms with Gasteiger partial charge in [-0.25, -0.2) is 4.39 Å². The number of nitrogens with zero attached hydrogens (tertiary/aromatic N) is 1. The van der Waals surface area contributed by atoms with Gasteiger partial charge in [-0.1, -0.05) is 12.1 Å². The van der Waals surface area contributed by atoms with E-state index in [1.807, 2.05) is 20.0 Å². The normalized spacial score (nSPS) is 10.3. The van der Waals surface area contributed by atoms with E-state index in [2.05, 4.69) is 5.32 Å². The maximum absolute atomic E-state index is 13.0. The van der Waals surface area contributed by atoms with Gasteiger partial charge in [0.1, 0.15) is 5.82 Å². The maximum atomic E-state index is 13.0. The van der Waals surface area contributed by atoms with Gasteiger partial charge >= 0.3 is 0 Å². The lowest BCUT2D eigenvalue weighted by molar-refractivity contribution is -0.131. The van der Waals surface area contributed by atoms with Gasteiger partial charge in [-0.3, -0.25) is 4.79 Å². The largest absolute Gasteiger partial charge is 0.339 e. The molecule has 0 aromatic heterocycles. The van der Waals surface area contributed by atoms with E-state index in [-0.39, 0.29) is 11.7 Å². The summed E-state index contributed by atoms with van der Waals surface area (Å²) in [5.41, 5.74) is 0.824. The van der Waals surface area contributed by atoms with E-state index >= 15 is 0 Å². The molecule has 94 valence electrons.